The van der Waals surface area contributed by atoms with Crippen molar-refractivity contribution in [1.29, 1.82) is 0 Å². The van der Waals surface area contributed by atoms with Crippen LogP contribution in [0.5, 0.6) is 11.5 Å². The van der Waals surface area contributed by atoms with Crippen LogP contribution in [-0.4, -0.2) is 17.7 Å². The molecule has 3 aromatic carbocycles. The second-order valence-electron chi connectivity index (χ2n) is 8.31. The van der Waals surface area contributed by atoms with Crippen LogP contribution in [0.15, 0.2) is 83.2 Å². The van der Waals surface area contributed by atoms with E-state index in [1.807, 2.05) is 79.7 Å². The number of aliphatic imine (C=N–C) groups is 1. The van der Waals surface area contributed by atoms with Gasteiger partial charge in [0.15, 0.2) is 16.7 Å². The Balaban J connectivity index is 1.61. The first-order valence-corrected chi connectivity index (χ1v) is 13.4. The summed E-state index contributed by atoms with van der Waals surface area (Å²) in [6.07, 6.45) is 5.21. The molecule has 1 amide bonds. The Morgan fingerprint density at radius 2 is 1.84 bits per heavy atom. The third kappa shape index (κ3) is 6.85. The topological polar surface area (TPSA) is 59.9 Å². The minimum atomic E-state index is -0.184. The molecule has 190 valence electrons. The van der Waals surface area contributed by atoms with Crippen molar-refractivity contribution < 1.29 is 14.3 Å². The van der Waals surface area contributed by atoms with E-state index in [4.69, 9.17) is 21.1 Å². The highest BCUT2D eigenvalue weighted by Gasteiger charge is 2.24. The van der Waals surface area contributed by atoms with Gasteiger partial charge in [0.2, 0.25) is 0 Å². The molecule has 0 saturated carbocycles. The van der Waals surface area contributed by atoms with Gasteiger partial charge in [-0.2, -0.15) is 0 Å². The summed E-state index contributed by atoms with van der Waals surface area (Å²) in [4.78, 5) is 17.8. The average molecular weight is 533 g/mol. The lowest BCUT2D eigenvalue weighted by atomic mass is 10.0. The van der Waals surface area contributed by atoms with Crippen LogP contribution in [0.2, 0.25) is 5.02 Å². The fourth-order valence-electron chi connectivity index (χ4n) is 3.82. The number of hydrogen-bond acceptors (Lipinski definition) is 5. The Labute approximate surface area is 227 Å². The predicted octanol–water partition coefficient (Wildman–Crippen LogP) is 7.50. The summed E-state index contributed by atoms with van der Waals surface area (Å²) in [6, 6.07) is 19.5. The number of halogens is 1. The molecule has 7 heteroatoms. The number of hydrogen-bond donors (Lipinski definition) is 1. The first kappa shape index (κ1) is 26.6. The highest BCUT2D eigenvalue weighted by molar-refractivity contribution is 8.18. The van der Waals surface area contributed by atoms with Crippen molar-refractivity contribution in [3.8, 4) is 11.5 Å². The van der Waals surface area contributed by atoms with Crippen LogP contribution >= 0.6 is 23.4 Å². The minimum Gasteiger partial charge on any atom is -0.490 e. The van der Waals surface area contributed by atoms with Crippen LogP contribution in [-0.2, 0) is 24.2 Å². The second-order valence-corrected chi connectivity index (χ2v) is 9.75. The number of rotatable bonds is 10. The van der Waals surface area contributed by atoms with E-state index in [2.05, 4.69) is 23.8 Å². The van der Waals surface area contributed by atoms with Gasteiger partial charge in [0, 0.05) is 16.1 Å². The molecule has 1 aliphatic heterocycles. The van der Waals surface area contributed by atoms with Crippen LogP contribution in [0.25, 0.3) is 6.08 Å². The van der Waals surface area contributed by atoms with Crippen LogP contribution in [0.3, 0.4) is 0 Å². The van der Waals surface area contributed by atoms with E-state index >= 15 is 0 Å². The Morgan fingerprint density at radius 3 is 2.54 bits per heavy atom. The third-order valence-corrected chi connectivity index (χ3v) is 6.95. The Hall–Kier alpha value is -3.48. The van der Waals surface area contributed by atoms with Crippen LogP contribution in [0.4, 0.5) is 5.69 Å². The summed E-state index contributed by atoms with van der Waals surface area (Å²) in [7, 11) is 0. The molecule has 1 fully saturated rings. The first-order chi connectivity index (χ1) is 18.0. The zero-order chi connectivity index (χ0) is 26.2. The molecule has 0 unspecified atom stereocenters. The van der Waals surface area contributed by atoms with E-state index in [1.54, 1.807) is 0 Å². The largest absolute Gasteiger partial charge is 0.490 e. The van der Waals surface area contributed by atoms with E-state index in [0.717, 1.165) is 28.8 Å². The first-order valence-electron chi connectivity index (χ1n) is 12.2. The molecule has 0 spiro atoms. The Bertz CT molecular complexity index is 1350. The molecule has 3 aromatic rings. The smallest absolute Gasteiger partial charge is 0.264 e. The number of amidine groups is 1. The summed E-state index contributed by atoms with van der Waals surface area (Å²) in [5, 5.41) is 4.06. The summed E-state index contributed by atoms with van der Waals surface area (Å²) < 4.78 is 12.1. The second kappa shape index (κ2) is 12.7. The molecule has 0 aliphatic carbocycles. The van der Waals surface area contributed by atoms with E-state index in [1.165, 1.54) is 17.3 Å². The number of benzene rings is 3. The van der Waals surface area contributed by atoms with Crippen molar-refractivity contribution in [3.05, 3.63) is 106 Å². The van der Waals surface area contributed by atoms with Gasteiger partial charge in [-0.1, -0.05) is 54.9 Å². The van der Waals surface area contributed by atoms with Gasteiger partial charge in [0.05, 0.1) is 17.2 Å². The van der Waals surface area contributed by atoms with Gasteiger partial charge in [-0.3, -0.25) is 4.79 Å². The fraction of sp³-hybridized carbons (Fsp3) is 0.200. The normalized spacial score (nSPS) is 15.2. The van der Waals surface area contributed by atoms with Crippen molar-refractivity contribution in [2.45, 2.75) is 33.3 Å². The summed E-state index contributed by atoms with van der Waals surface area (Å²) in [5.74, 6) is 1.07. The summed E-state index contributed by atoms with van der Waals surface area (Å²) in [5.41, 5.74) is 4.67. The lowest BCUT2D eigenvalue weighted by Crippen LogP contribution is -2.19. The van der Waals surface area contributed by atoms with Crippen molar-refractivity contribution in [3.63, 3.8) is 0 Å². The number of thioether (sulfide) groups is 1. The number of amides is 1. The van der Waals surface area contributed by atoms with Crippen molar-refractivity contribution in [1.82, 2.24) is 5.32 Å². The van der Waals surface area contributed by atoms with Crippen LogP contribution < -0.4 is 14.8 Å². The van der Waals surface area contributed by atoms with Gasteiger partial charge in [0.1, 0.15) is 6.61 Å². The number of nitrogens with one attached hydrogen (secondary N) is 1. The summed E-state index contributed by atoms with van der Waals surface area (Å²) >= 11 is 7.63. The molecule has 0 aromatic heterocycles. The maximum atomic E-state index is 12.7. The highest BCUT2D eigenvalue weighted by Crippen LogP contribution is 2.37. The van der Waals surface area contributed by atoms with Crippen LogP contribution in [0.1, 0.15) is 36.1 Å². The molecular weight excluding hydrogens is 504 g/mol. The maximum Gasteiger partial charge on any atom is 0.264 e. The lowest BCUT2D eigenvalue weighted by molar-refractivity contribution is -0.115. The minimum absolute atomic E-state index is 0.184. The standard InChI is InChI=1S/C30H29ClN2O3S/c1-4-9-22-16-21(17-26(35-6-3)28(22)36-19-23-10-7-8-11-25(23)31)18-27-29(34)33-30(37-27)32-24-14-12-20(5-2)13-15-24/h4,7-8,10-18H,1,5-6,9,19H2,2-3H3,(H,32,33,34)/b27-18-. The molecule has 1 heterocycles. The van der Waals surface area contributed by atoms with Crippen molar-refractivity contribution in [2.24, 2.45) is 4.99 Å². The third-order valence-electron chi connectivity index (χ3n) is 5.67. The number of ether oxygens (including phenoxy) is 2. The van der Waals surface area contributed by atoms with Gasteiger partial charge in [0.25, 0.3) is 5.91 Å². The van der Waals surface area contributed by atoms with Gasteiger partial charge in [-0.25, -0.2) is 4.99 Å². The predicted molar refractivity (Wildman–Crippen MR) is 154 cm³/mol. The van der Waals surface area contributed by atoms with Gasteiger partial charge in [-0.05, 0) is 79.1 Å². The Kier molecular flexibility index (Phi) is 9.09. The van der Waals surface area contributed by atoms with Gasteiger partial charge >= 0.3 is 0 Å². The number of allylic oxidation sites excluding steroid dienone is 1. The van der Waals surface area contributed by atoms with Crippen molar-refractivity contribution >= 4 is 46.2 Å². The lowest BCUT2D eigenvalue weighted by Gasteiger charge is -2.17. The molecule has 0 radical (unpaired) electrons. The van der Waals surface area contributed by atoms with Gasteiger partial charge in [-0.15, -0.1) is 6.58 Å². The molecule has 1 saturated heterocycles. The molecular formula is C30H29ClN2O3S. The molecule has 4 rings (SSSR count). The zero-order valence-electron chi connectivity index (χ0n) is 20.9. The molecule has 0 bridgehead atoms. The zero-order valence-corrected chi connectivity index (χ0v) is 22.5. The average Bonchev–Trinajstić information content (AvgIpc) is 3.23. The highest BCUT2D eigenvalue weighted by atomic mass is 35.5. The number of carbonyl (C=O) groups excluding carboxylic acids is 1. The van der Waals surface area contributed by atoms with E-state index < -0.39 is 0 Å². The molecule has 37 heavy (non-hydrogen) atoms. The fourth-order valence-corrected chi connectivity index (χ4v) is 4.85. The van der Waals surface area contributed by atoms with E-state index in [0.29, 0.717) is 46.2 Å². The number of carbonyl (C=O) groups is 1. The SMILES string of the molecule is C=CCc1cc(/C=C2\SC(=Nc3ccc(CC)cc3)NC2=O)cc(OCC)c1OCc1ccccc1Cl. The van der Waals surface area contributed by atoms with E-state index in [-0.39, 0.29) is 5.91 Å². The molecule has 1 aliphatic rings. The van der Waals surface area contributed by atoms with E-state index in [9.17, 15) is 4.79 Å². The molecule has 0 atom stereocenters. The van der Waals surface area contributed by atoms with Crippen LogP contribution in [0, 0.1) is 0 Å². The van der Waals surface area contributed by atoms with Crippen molar-refractivity contribution in [2.75, 3.05) is 6.61 Å². The molecule has 1 N–H and O–H groups in total. The van der Waals surface area contributed by atoms with Gasteiger partial charge < -0.3 is 14.8 Å². The monoisotopic (exact) mass is 532 g/mol. The number of aryl methyl sites for hydroxylation is 1. The summed E-state index contributed by atoms with van der Waals surface area (Å²) in [6.45, 7) is 8.71. The molecule has 5 nitrogen and oxygen atoms in total. The maximum absolute atomic E-state index is 12.7. The Morgan fingerprint density at radius 1 is 1.05 bits per heavy atom. The number of nitrogens with zero attached hydrogens (tertiary/aromatic N) is 1. The quantitative estimate of drug-likeness (QED) is 0.217.